The summed E-state index contributed by atoms with van der Waals surface area (Å²) in [6.45, 7) is 8.39. The molecule has 16 aromatic rings. The molecule has 0 unspecified atom stereocenters. The summed E-state index contributed by atoms with van der Waals surface area (Å²) in [5.41, 5.74) is 16.8. The molecule has 1 heterocycles. The van der Waals surface area contributed by atoms with Crippen LogP contribution in [0, 0.1) is 0 Å². The molecule has 96 heavy (non-hydrogen) atoms. The van der Waals surface area contributed by atoms with Crippen molar-refractivity contribution in [1.82, 2.24) is 0 Å². The van der Waals surface area contributed by atoms with Gasteiger partial charge in [-0.15, -0.1) is 0 Å². The van der Waals surface area contributed by atoms with Crippen LogP contribution in [0.2, 0.25) is 15.1 Å². The average molecular weight is 1300 g/mol. The summed E-state index contributed by atoms with van der Waals surface area (Å²) < 4.78 is 12.8. The number of fused-ring (bicyclic) bond motifs is 6. The van der Waals surface area contributed by atoms with E-state index in [1.165, 1.54) is 110 Å². The Hall–Kier alpha value is -10.1. The van der Waals surface area contributed by atoms with Crippen LogP contribution in [0.25, 0.3) is 143 Å². The molecule has 0 amide bonds. The Bertz CT molecular complexity index is 5430. The molecule has 6 heteroatoms. The molecule has 0 aromatic heterocycles. The number of hydrogen-bond acceptors (Lipinski definition) is 2. The predicted molar refractivity (Wildman–Crippen MR) is 413 cm³/mol. The highest BCUT2D eigenvalue weighted by molar-refractivity contribution is 6.67. The lowest BCUT2D eigenvalue weighted by atomic mass is 9.71. The summed E-state index contributed by atoms with van der Waals surface area (Å²) in [7, 11) is -0.383. The first-order valence-corrected chi connectivity index (χ1v) is 33.8. The fraction of sp³-hybridized carbons (Fsp3) is 0.0667. The number of halogens is 3. The van der Waals surface area contributed by atoms with Crippen LogP contribution in [0.4, 0.5) is 0 Å². The highest BCUT2D eigenvalue weighted by Crippen LogP contribution is 2.50. The molecular formula is C90H66BCl3O2. The standard InChI is InChI=1S/C42H27Cl.C26H16Cl2.C22H23BO2/c43-39-27-37-36(26-38(39)42-32-21-11-10-16-29(32)24-25-33(42)28-14-4-1-5-15-28)40(30-17-6-2-7-18-30)34-22-12-13-23-35(34)41(37)31-19-8-3-9-20-31;27-23-15-21-22(16-24(23)28)26(18-11-5-2-6-12-18)20-14-8-7-13-19(20)25(21)17-9-3-1-4-10-17;1-21(2)22(3,4)25-23(24-21)20-18-13-9-8-12-17(18)14-15-19(20)16-10-6-5-7-11-16/h1-27H;1-16H;5-15H,1-4H3. The molecule has 0 bridgehead atoms. The molecule has 1 aliphatic heterocycles. The van der Waals surface area contributed by atoms with Crippen LogP contribution in [0.1, 0.15) is 27.7 Å². The van der Waals surface area contributed by atoms with Gasteiger partial charge in [0.25, 0.3) is 0 Å². The van der Waals surface area contributed by atoms with Gasteiger partial charge < -0.3 is 9.31 Å². The van der Waals surface area contributed by atoms with Gasteiger partial charge in [0.1, 0.15) is 0 Å². The molecule has 462 valence electrons. The first kappa shape index (κ1) is 62.1. The van der Waals surface area contributed by atoms with E-state index in [1.54, 1.807) is 0 Å². The van der Waals surface area contributed by atoms with Crippen LogP contribution in [-0.2, 0) is 9.31 Å². The SMILES string of the molecule is CC1(C)OB(c2c(-c3ccccc3)ccc3ccccc23)OC1(C)C.Clc1cc2c(-c3ccccc3)c3ccccc3c(-c3ccccc3)c2cc1-c1c(-c2ccccc2)ccc2ccccc12.Clc1cc2c(-c3ccccc3)c3ccccc3c(-c3ccccc3)c2cc1Cl. The van der Waals surface area contributed by atoms with Crippen LogP contribution in [0.5, 0.6) is 0 Å². The Balaban J connectivity index is 0.000000124. The van der Waals surface area contributed by atoms with E-state index >= 15 is 0 Å². The Labute approximate surface area is 576 Å². The Morgan fingerprint density at radius 2 is 0.510 bits per heavy atom. The van der Waals surface area contributed by atoms with E-state index < -0.39 is 0 Å². The number of rotatable bonds is 8. The Morgan fingerprint density at radius 3 is 0.896 bits per heavy atom. The number of benzene rings is 16. The Morgan fingerprint density at radius 1 is 0.229 bits per heavy atom. The maximum Gasteiger partial charge on any atom is 0.496 e. The summed E-state index contributed by atoms with van der Waals surface area (Å²) in [6, 6.07) is 115. The smallest absolute Gasteiger partial charge is 0.399 e. The van der Waals surface area contributed by atoms with Crippen molar-refractivity contribution in [2.75, 3.05) is 0 Å². The molecule has 1 aliphatic rings. The molecule has 0 aliphatic carbocycles. The summed E-state index contributed by atoms with van der Waals surface area (Å²) >= 11 is 20.3. The van der Waals surface area contributed by atoms with Crippen molar-refractivity contribution >= 4 is 112 Å². The second-order valence-corrected chi connectivity index (χ2v) is 26.7. The van der Waals surface area contributed by atoms with Crippen LogP contribution >= 0.6 is 34.8 Å². The van der Waals surface area contributed by atoms with E-state index in [9.17, 15) is 0 Å². The molecule has 16 aromatic carbocycles. The van der Waals surface area contributed by atoms with Crippen LogP contribution in [0.3, 0.4) is 0 Å². The van der Waals surface area contributed by atoms with E-state index in [0.29, 0.717) is 10.0 Å². The first-order valence-electron chi connectivity index (χ1n) is 32.6. The lowest BCUT2D eigenvalue weighted by Crippen LogP contribution is -2.41. The minimum atomic E-state index is -0.383. The summed E-state index contributed by atoms with van der Waals surface area (Å²) in [5.74, 6) is 0. The normalized spacial score (nSPS) is 13.2. The van der Waals surface area contributed by atoms with Gasteiger partial charge in [-0.2, -0.15) is 0 Å². The van der Waals surface area contributed by atoms with Gasteiger partial charge in [0.15, 0.2) is 0 Å². The van der Waals surface area contributed by atoms with Gasteiger partial charge in [-0.1, -0.05) is 338 Å². The van der Waals surface area contributed by atoms with Crippen molar-refractivity contribution in [3.05, 3.63) is 343 Å². The van der Waals surface area contributed by atoms with Gasteiger partial charge in [-0.25, -0.2) is 0 Å². The quantitative estimate of drug-likeness (QED) is 0.112. The zero-order valence-corrected chi connectivity index (χ0v) is 56.0. The fourth-order valence-electron chi connectivity index (χ4n) is 14.0. The molecule has 17 rings (SSSR count). The molecular weight excluding hydrogens is 1230 g/mol. The predicted octanol–water partition coefficient (Wildman–Crippen LogP) is 25.9. The van der Waals surface area contributed by atoms with Crippen LogP contribution in [0.15, 0.2) is 328 Å². The molecule has 0 atom stereocenters. The Kier molecular flexibility index (Phi) is 17.0. The average Bonchev–Trinajstić information content (AvgIpc) is 0.855. The largest absolute Gasteiger partial charge is 0.496 e. The lowest BCUT2D eigenvalue weighted by Gasteiger charge is -2.32. The monoisotopic (exact) mass is 1290 g/mol. The fourth-order valence-corrected chi connectivity index (χ4v) is 14.6. The van der Waals surface area contributed by atoms with Gasteiger partial charge in [0.05, 0.1) is 21.2 Å². The third-order valence-electron chi connectivity index (χ3n) is 19.3. The van der Waals surface area contributed by atoms with Crippen LogP contribution in [-0.4, -0.2) is 18.3 Å². The van der Waals surface area contributed by atoms with Crippen molar-refractivity contribution in [3.63, 3.8) is 0 Å². The van der Waals surface area contributed by atoms with Crippen LogP contribution < -0.4 is 5.46 Å². The van der Waals surface area contributed by atoms with E-state index in [4.69, 9.17) is 44.1 Å². The van der Waals surface area contributed by atoms with E-state index in [1.807, 2.05) is 30.3 Å². The highest BCUT2D eigenvalue weighted by Gasteiger charge is 2.52. The van der Waals surface area contributed by atoms with Gasteiger partial charge in [0.2, 0.25) is 0 Å². The summed E-state index contributed by atoms with van der Waals surface area (Å²) in [6.07, 6.45) is 0. The third kappa shape index (κ3) is 11.6. The van der Waals surface area contributed by atoms with Gasteiger partial charge in [-0.05, 0) is 194 Å². The van der Waals surface area contributed by atoms with Gasteiger partial charge >= 0.3 is 7.12 Å². The zero-order valence-electron chi connectivity index (χ0n) is 53.7. The van der Waals surface area contributed by atoms with E-state index in [-0.39, 0.29) is 18.3 Å². The molecule has 1 fully saturated rings. The van der Waals surface area contributed by atoms with Crippen molar-refractivity contribution in [3.8, 4) is 77.9 Å². The van der Waals surface area contributed by atoms with E-state index in [2.05, 4.69) is 325 Å². The lowest BCUT2D eigenvalue weighted by molar-refractivity contribution is 0.00578. The first-order chi connectivity index (χ1) is 46.9. The third-order valence-corrected chi connectivity index (χ3v) is 20.3. The highest BCUT2D eigenvalue weighted by atomic mass is 35.5. The minimum absolute atomic E-state index is 0.359. The second kappa shape index (κ2) is 26.3. The summed E-state index contributed by atoms with van der Waals surface area (Å²) in [5, 5.41) is 16.1. The molecule has 0 saturated carbocycles. The van der Waals surface area contributed by atoms with Crippen molar-refractivity contribution < 1.29 is 9.31 Å². The maximum absolute atomic E-state index is 7.41. The molecule has 0 spiro atoms. The molecule has 1 saturated heterocycles. The molecule has 0 radical (unpaired) electrons. The number of hydrogen-bond donors (Lipinski definition) is 0. The molecule has 0 N–H and O–H groups in total. The van der Waals surface area contributed by atoms with Gasteiger partial charge in [0, 0.05) is 10.6 Å². The van der Waals surface area contributed by atoms with Crippen molar-refractivity contribution in [2.24, 2.45) is 0 Å². The van der Waals surface area contributed by atoms with Gasteiger partial charge in [-0.3, -0.25) is 0 Å². The maximum atomic E-state index is 7.41. The zero-order chi connectivity index (χ0) is 65.5. The van der Waals surface area contributed by atoms with Crippen molar-refractivity contribution in [1.29, 1.82) is 0 Å². The summed E-state index contributed by atoms with van der Waals surface area (Å²) in [4.78, 5) is 0. The molecule has 2 nitrogen and oxygen atoms in total. The topological polar surface area (TPSA) is 18.5 Å². The second-order valence-electron chi connectivity index (χ2n) is 25.5. The minimum Gasteiger partial charge on any atom is -0.399 e. The van der Waals surface area contributed by atoms with E-state index in [0.717, 1.165) is 43.3 Å². The van der Waals surface area contributed by atoms with Crippen molar-refractivity contribution in [2.45, 2.75) is 38.9 Å².